The van der Waals surface area contributed by atoms with Crippen molar-refractivity contribution >= 4 is 29.9 Å². The van der Waals surface area contributed by atoms with Crippen LogP contribution in [-0.4, -0.2) is 40.4 Å². The highest BCUT2D eigenvalue weighted by molar-refractivity contribution is 14.0. The average molecular weight is 444 g/mol. The monoisotopic (exact) mass is 444 g/mol. The largest absolute Gasteiger partial charge is 0.489 e. The summed E-state index contributed by atoms with van der Waals surface area (Å²) < 4.78 is 7.66. The first-order valence-corrected chi connectivity index (χ1v) is 7.60. The van der Waals surface area contributed by atoms with Crippen molar-refractivity contribution in [1.29, 1.82) is 0 Å². The standard InChI is InChI=1S/C16H24N6O.HI/c1-12-7-5-6-8-14(12)23-13(2)9-18-16(17-3)19-10-15-20-11-21-22(15)4;/h5-8,11,13H,9-10H2,1-4H3,(H2,17,18,19);1H. The van der Waals surface area contributed by atoms with Gasteiger partial charge < -0.3 is 15.4 Å². The van der Waals surface area contributed by atoms with E-state index < -0.39 is 0 Å². The normalized spacial score (nSPS) is 12.2. The Morgan fingerprint density at radius 2 is 2.08 bits per heavy atom. The molecule has 7 nitrogen and oxygen atoms in total. The minimum absolute atomic E-state index is 0. The maximum atomic E-state index is 5.94. The van der Waals surface area contributed by atoms with Crippen molar-refractivity contribution in [1.82, 2.24) is 25.4 Å². The average Bonchev–Trinajstić information content (AvgIpc) is 2.95. The number of nitrogens with zero attached hydrogens (tertiary/aromatic N) is 4. The molecule has 1 heterocycles. The van der Waals surface area contributed by atoms with Gasteiger partial charge in [0, 0.05) is 14.1 Å². The summed E-state index contributed by atoms with van der Waals surface area (Å²) in [4.78, 5) is 8.36. The summed E-state index contributed by atoms with van der Waals surface area (Å²) in [5.41, 5.74) is 1.13. The van der Waals surface area contributed by atoms with Gasteiger partial charge in [-0.1, -0.05) is 18.2 Å². The van der Waals surface area contributed by atoms with Crippen molar-refractivity contribution in [3.05, 3.63) is 42.0 Å². The maximum Gasteiger partial charge on any atom is 0.191 e. The summed E-state index contributed by atoms with van der Waals surface area (Å²) >= 11 is 0. The maximum absolute atomic E-state index is 5.94. The Hall–Kier alpha value is -1.84. The minimum Gasteiger partial charge on any atom is -0.489 e. The highest BCUT2D eigenvalue weighted by atomic mass is 127. The van der Waals surface area contributed by atoms with Crippen molar-refractivity contribution in [3.8, 4) is 5.75 Å². The summed E-state index contributed by atoms with van der Waals surface area (Å²) in [7, 11) is 3.59. The van der Waals surface area contributed by atoms with Gasteiger partial charge in [0.25, 0.3) is 0 Å². The van der Waals surface area contributed by atoms with Gasteiger partial charge in [-0.3, -0.25) is 9.67 Å². The first-order valence-electron chi connectivity index (χ1n) is 7.60. The summed E-state index contributed by atoms with van der Waals surface area (Å²) in [5.74, 6) is 2.45. The van der Waals surface area contributed by atoms with E-state index >= 15 is 0 Å². The first-order chi connectivity index (χ1) is 11.1. The van der Waals surface area contributed by atoms with Crippen molar-refractivity contribution in [3.63, 3.8) is 0 Å². The summed E-state index contributed by atoms with van der Waals surface area (Å²) in [6.07, 6.45) is 1.55. The second-order valence-corrected chi connectivity index (χ2v) is 5.30. The van der Waals surface area contributed by atoms with Crippen LogP contribution in [0.4, 0.5) is 0 Å². The second-order valence-electron chi connectivity index (χ2n) is 5.30. The van der Waals surface area contributed by atoms with Gasteiger partial charge in [-0.05, 0) is 25.5 Å². The predicted molar refractivity (Wildman–Crippen MR) is 106 cm³/mol. The molecule has 0 amide bonds. The van der Waals surface area contributed by atoms with E-state index in [0.29, 0.717) is 19.0 Å². The third-order valence-electron chi connectivity index (χ3n) is 3.42. The Kier molecular flexibility index (Phi) is 8.51. The number of rotatable bonds is 6. The van der Waals surface area contributed by atoms with Crippen LogP contribution in [0.5, 0.6) is 5.75 Å². The van der Waals surface area contributed by atoms with Crippen molar-refractivity contribution in [2.24, 2.45) is 12.0 Å². The van der Waals surface area contributed by atoms with Crippen molar-refractivity contribution < 1.29 is 4.74 Å². The highest BCUT2D eigenvalue weighted by Gasteiger charge is 2.08. The molecule has 1 atom stereocenters. The lowest BCUT2D eigenvalue weighted by molar-refractivity contribution is 0.222. The van der Waals surface area contributed by atoms with E-state index in [1.807, 2.05) is 45.2 Å². The van der Waals surface area contributed by atoms with Gasteiger partial charge in [-0.15, -0.1) is 24.0 Å². The smallest absolute Gasteiger partial charge is 0.191 e. The van der Waals surface area contributed by atoms with Crippen LogP contribution in [0.3, 0.4) is 0 Å². The number of benzene rings is 1. The molecule has 0 aliphatic rings. The summed E-state index contributed by atoms with van der Waals surface area (Å²) in [6.45, 7) is 5.27. The Morgan fingerprint density at radius 3 is 2.71 bits per heavy atom. The van der Waals surface area contributed by atoms with Gasteiger partial charge in [0.1, 0.15) is 24.0 Å². The molecule has 0 saturated heterocycles. The molecule has 0 fully saturated rings. The summed E-state index contributed by atoms with van der Waals surface area (Å²) in [6, 6.07) is 8.00. The molecule has 8 heteroatoms. The fraction of sp³-hybridized carbons (Fsp3) is 0.438. The number of guanidine groups is 1. The van der Waals surface area contributed by atoms with E-state index in [-0.39, 0.29) is 30.1 Å². The molecule has 24 heavy (non-hydrogen) atoms. The molecular weight excluding hydrogens is 419 g/mol. The SMILES string of the molecule is CN=C(NCc1ncnn1C)NCC(C)Oc1ccccc1C.I. The van der Waals surface area contributed by atoms with Crippen LogP contribution >= 0.6 is 24.0 Å². The van der Waals surface area contributed by atoms with Gasteiger partial charge in [-0.2, -0.15) is 5.10 Å². The van der Waals surface area contributed by atoms with Gasteiger partial charge >= 0.3 is 0 Å². The van der Waals surface area contributed by atoms with Crippen LogP contribution in [-0.2, 0) is 13.6 Å². The molecule has 0 spiro atoms. The third kappa shape index (κ3) is 5.99. The Bertz CT molecular complexity index is 658. The lowest BCUT2D eigenvalue weighted by Gasteiger charge is -2.18. The van der Waals surface area contributed by atoms with Crippen LogP contribution in [0.25, 0.3) is 0 Å². The zero-order chi connectivity index (χ0) is 16.7. The lowest BCUT2D eigenvalue weighted by atomic mass is 10.2. The van der Waals surface area contributed by atoms with Crippen molar-refractivity contribution in [2.75, 3.05) is 13.6 Å². The molecule has 0 saturated carbocycles. The van der Waals surface area contributed by atoms with Gasteiger partial charge in [0.2, 0.25) is 0 Å². The molecule has 0 aliphatic carbocycles. The van der Waals surface area contributed by atoms with Crippen LogP contribution in [0.2, 0.25) is 0 Å². The quantitative estimate of drug-likeness (QED) is 0.404. The summed E-state index contributed by atoms with van der Waals surface area (Å²) in [5, 5.41) is 10.5. The molecular formula is C16H25IN6O. The molecule has 0 bridgehead atoms. The molecule has 1 aromatic heterocycles. The highest BCUT2D eigenvalue weighted by Crippen LogP contribution is 2.17. The van der Waals surface area contributed by atoms with Gasteiger partial charge in [0.05, 0.1) is 13.1 Å². The number of aromatic nitrogens is 3. The number of ether oxygens (including phenoxy) is 1. The fourth-order valence-electron chi connectivity index (χ4n) is 2.05. The third-order valence-corrected chi connectivity index (χ3v) is 3.42. The number of hydrogen-bond donors (Lipinski definition) is 2. The van der Waals surface area contributed by atoms with Gasteiger partial charge in [0.15, 0.2) is 5.96 Å². The number of aryl methyl sites for hydroxylation is 2. The topological polar surface area (TPSA) is 76.4 Å². The number of aliphatic imine (C=N–C) groups is 1. The van der Waals surface area contributed by atoms with E-state index in [2.05, 4.69) is 25.7 Å². The van der Waals surface area contributed by atoms with E-state index in [0.717, 1.165) is 17.1 Å². The van der Waals surface area contributed by atoms with Crippen LogP contribution in [0, 0.1) is 6.92 Å². The Morgan fingerprint density at radius 1 is 1.33 bits per heavy atom. The van der Waals surface area contributed by atoms with E-state index in [1.54, 1.807) is 11.7 Å². The molecule has 1 aromatic carbocycles. The minimum atomic E-state index is 0. The second kappa shape index (κ2) is 10.1. The molecule has 132 valence electrons. The zero-order valence-electron chi connectivity index (χ0n) is 14.5. The number of hydrogen-bond acceptors (Lipinski definition) is 4. The predicted octanol–water partition coefficient (Wildman–Crippen LogP) is 1.87. The number of para-hydroxylation sites is 1. The fourth-order valence-corrected chi connectivity index (χ4v) is 2.05. The van der Waals surface area contributed by atoms with Crippen LogP contribution < -0.4 is 15.4 Å². The Labute approximate surface area is 159 Å². The number of halogens is 1. The van der Waals surface area contributed by atoms with Crippen LogP contribution in [0.1, 0.15) is 18.3 Å². The Balaban J connectivity index is 0.00000288. The van der Waals surface area contributed by atoms with Crippen molar-refractivity contribution in [2.45, 2.75) is 26.5 Å². The zero-order valence-corrected chi connectivity index (χ0v) is 16.8. The number of nitrogens with one attached hydrogen (secondary N) is 2. The van der Waals surface area contributed by atoms with E-state index in [4.69, 9.17) is 4.74 Å². The molecule has 0 radical (unpaired) electrons. The first kappa shape index (κ1) is 20.2. The molecule has 0 aliphatic heterocycles. The molecule has 2 N–H and O–H groups in total. The van der Waals surface area contributed by atoms with Gasteiger partial charge in [-0.25, -0.2) is 4.98 Å². The lowest BCUT2D eigenvalue weighted by Crippen LogP contribution is -2.41. The van der Waals surface area contributed by atoms with Crippen LogP contribution in [0.15, 0.2) is 35.6 Å². The molecule has 2 aromatic rings. The molecule has 2 rings (SSSR count). The van der Waals surface area contributed by atoms with E-state index in [9.17, 15) is 0 Å². The van der Waals surface area contributed by atoms with E-state index in [1.165, 1.54) is 6.33 Å². The molecule has 1 unspecified atom stereocenters.